The van der Waals surface area contributed by atoms with Crippen molar-refractivity contribution in [2.24, 2.45) is 5.92 Å². The monoisotopic (exact) mass is 362 g/mol. The largest absolute Gasteiger partial charge is 0.323 e. The number of nitrogens with one attached hydrogen (secondary N) is 1. The van der Waals surface area contributed by atoms with Gasteiger partial charge in [-0.3, -0.25) is 9.59 Å². The Bertz CT molecular complexity index is 770. The number of carbonyl (C=O) groups excluding carboxylic acids is 2. The molecular formula is C18H16Cl2N2O2. The highest BCUT2D eigenvalue weighted by molar-refractivity contribution is 6.39. The SMILES string of the molecule is Cc1ccc(N2CC(C(=O)Nc3c(Cl)cccc3Cl)CC2=O)cc1. The van der Waals surface area contributed by atoms with Gasteiger partial charge >= 0.3 is 0 Å². The zero-order valence-electron chi connectivity index (χ0n) is 13.1. The molecule has 1 saturated heterocycles. The van der Waals surface area contributed by atoms with E-state index in [9.17, 15) is 9.59 Å². The molecule has 1 fully saturated rings. The minimum absolute atomic E-state index is 0.0655. The third-order valence-electron chi connectivity index (χ3n) is 4.05. The molecule has 3 rings (SSSR count). The Morgan fingerprint density at radius 3 is 2.38 bits per heavy atom. The van der Waals surface area contributed by atoms with Gasteiger partial charge in [-0.05, 0) is 31.2 Å². The Hall–Kier alpha value is -2.04. The van der Waals surface area contributed by atoms with Gasteiger partial charge in [0, 0.05) is 18.7 Å². The number of hydrogen-bond acceptors (Lipinski definition) is 2. The van der Waals surface area contributed by atoms with E-state index in [1.54, 1.807) is 23.1 Å². The van der Waals surface area contributed by atoms with Gasteiger partial charge in [0.2, 0.25) is 11.8 Å². The lowest BCUT2D eigenvalue weighted by molar-refractivity contribution is -0.122. The number of anilines is 2. The first-order chi connectivity index (χ1) is 11.5. The molecule has 6 heteroatoms. The lowest BCUT2D eigenvalue weighted by Gasteiger charge is -2.17. The standard InChI is InChI=1S/C18H16Cl2N2O2/c1-11-5-7-13(8-6-11)22-10-12(9-16(22)23)18(24)21-17-14(19)3-2-4-15(17)20/h2-8,12H,9-10H2,1H3,(H,21,24). The van der Waals surface area contributed by atoms with Gasteiger partial charge in [0.05, 0.1) is 21.7 Å². The van der Waals surface area contributed by atoms with Crippen molar-refractivity contribution in [3.8, 4) is 0 Å². The molecule has 1 aliphatic rings. The second-order valence-corrected chi connectivity index (χ2v) is 6.64. The van der Waals surface area contributed by atoms with Crippen LogP contribution in [0.3, 0.4) is 0 Å². The molecule has 2 aromatic rings. The van der Waals surface area contributed by atoms with Crippen molar-refractivity contribution < 1.29 is 9.59 Å². The van der Waals surface area contributed by atoms with Crippen LogP contribution in [0, 0.1) is 12.8 Å². The average Bonchev–Trinajstić information content (AvgIpc) is 2.94. The number of halogens is 2. The number of para-hydroxylation sites is 1. The second-order valence-electron chi connectivity index (χ2n) is 5.83. The summed E-state index contributed by atoms with van der Waals surface area (Å²) in [6.07, 6.45) is 0.168. The van der Waals surface area contributed by atoms with E-state index in [2.05, 4.69) is 5.32 Å². The summed E-state index contributed by atoms with van der Waals surface area (Å²) in [4.78, 5) is 26.4. The molecule has 0 radical (unpaired) electrons. The number of nitrogens with zero attached hydrogens (tertiary/aromatic N) is 1. The molecular weight excluding hydrogens is 347 g/mol. The number of amides is 2. The Labute approximate surface area is 150 Å². The molecule has 4 nitrogen and oxygen atoms in total. The molecule has 0 aromatic heterocycles. The van der Waals surface area contributed by atoms with Crippen LogP contribution in [0.4, 0.5) is 11.4 Å². The Morgan fingerprint density at radius 2 is 1.75 bits per heavy atom. The summed E-state index contributed by atoms with van der Waals surface area (Å²) in [5, 5.41) is 3.48. The number of benzene rings is 2. The highest BCUT2D eigenvalue weighted by atomic mass is 35.5. The molecule has 1 heterocycles. The molecule has 24 heavy (non-hydrogen) atoms. The van der Waals surface area contributed by atoms with Gasteiger partial charge in [0.1, 0.15) is 0 Å². The normalized spacial score (nSPS) is 17.2. The second kappa shape index (κ2) is 6.83. The first-order valence-electron chi connectivity index (χ1n) is 7.57. The molecule has 0 bridgehead atoms. The van der Waals surface area contributed by atoms with Crippen molar-refractivity contribution in [1.29, 1.82) is 0 Å². The highest BCUT2D eigenvalue weighted by Crippen LogP contribution is 2.32. The summed E-state index contributed by atoms with van der Waals surface area (Å²) in [6.45, 7) is 2.33. The summed E-state index contributed by atoms with van der Waals surface area (Å²) >= 11 is 12.1. The molecule has 0 saturated carbocycles. The first-order valence-corrected chi connectivity index (χ1v) is 8.33. The summed E-state index contributed by atoms with van der Waals surface area (Å²) in [6, 6.07) is 12.7. The van der Waals surface area contributed by atoms with Crippen molar-refractivity contribution in [3.63, 3.8) is 0 Å². The maximum Gasteiger partial charge on any atom is 0.229 e. The Morgan fingerprint density at radius 1 is 1.12 bits per heavy atom. The van der Waals surface area contributed by atoms with E-state index in [1.165, 1.54) is 0 Å². The molecule has 1 N–H and O–H groups in total. The average molecular weight is 363 g/mol. The predicted molar refractivity (Wildman–Crippen MR) is 96.7 cm³/mol. The fraction of sp³-hybridized carbons (Fsp3) is 0.222. The fourth-order valence-corrected chi connectivity index (χ4v) is 3.19. The molecule has 2 amide bonds. The lowest BCUT2D eigenvalue weighted by Crippen LogP contribution is -2.28. The number of aryl methyl sites for hydroxylation is 1. The van der Waals surface area contributed by atoms with Gasteiger partial charge in [-0.25, -0.2) is 0 Å². The molecule has 1 unspecified atom stereocenters. The van der Waals surface area contributed by atoms with E-state index in [4.69, 9.17) is 23.2 Å². The summed E-state index contributed by atoms with van der Waals surface area (Å²) in [5.74, 6) is -0.761. The van der Waals surface area contributed by atoms with Crippen LogP contribution in [0.25, 0.3) is 0 Å². The highest BCUT2D eigenvalue weighted by Gasteiger charge is 2.35. The van der Waals surface area contributed by atoms with Crippen LogP contribution >= 0.6 is 23.2 Å². The third-order valence-corrected chi connectivity index (χ3v) is 4.68. The smallest absolute Gasteiger partial charge is 0.229 e. The van der Waals surface area contributed by atoms with Crippen molar-refractivity contribution in [2.45, 2.75) is 13.3 Å². The molecule has 1 atom stereocenters. The number of hydrogen-bond donors (Lipinski definition) is 1. The topological polar surface area (TPSA) is 49.4 Å². The van der Waals surface area contributed by atoms with E-state index in [0.29, 0.717) is 22.3 Å². The maximum atomic E-state index is 12.5. The first kappa shape index (κ1) is 16.8. The van der Waals surface area contributed by atoms with Crippen molar-refractivity contribution >= 4 is 46.4 Å². The van der Waals surface area contributed by atoms with Crippen molar-refractivity contribution in [2.75, 3.05) is 16.8 Å². The predicted octanol–water partition coefficient (Wildman–Crippen LogP) is 4.29. The molecule has 0 spiro atoms. The third kappa shape index (κ3) is 3.40. The van der Waals surface area contributed by atoms with Crippen molar-refractivity contribution in [3.05, 3.63) is 58.1 Å². The van der Waals surface area contributed by atoms with E-state index < -0.39 is 5.92 Å². The molecule has 1 aliphatic heterocycles. The van der Waals surface area contributed by atoms with Crippen LogP contribution in [-0.2, 0) is 9.59 Å². The van der Waals surface area contributed by atoms with E-state index in [-0.39, 0.29) is 18.2 Å². The minimum atomic E-state index is -0.439. The molecule has 2 aromatic carbocycles. The summed E-state index contributed by atoms with van der Waals surface area (Å²) < 4.78 is 0. The molecule has 124 valence electrons. The van der Waals surface area contributed by atoms with Gasteiger partial charge in [0.15, 0.2) is 0 Å². The lowest BCUT2D eigenvalue weighted by atomic mass is 10.1. The van der Waals surface area contributed by atoms with Crippen LogP contribution in [0.2, 0.25) is 10.0 Å². The summed E-state index contributed by atoms with van der Waals surface area (Å²) in [7, 11) is 0. The van der Waals surface area contributed by atoms with Crippen LogP contribution < -0.4 is 10.2 Å². The van der Waals surface area contributed by atoms with E-state index in [0.717, 1.165) is 11.3 Å². The van der Waals surface area contributed by atoms with Gasteiger partial charge in [-0.1, -0.05) is 47.0 Å². The fourth-order valence-electron chi connectivity index (χ4n) is 2.70. The van der Waals surface area contributed by atoms with Crippen molar-refractivity contribution in [1.82, 2.24) is 0 Å². The van der Waals surface area contributed by atoms with Crippen LogP contribution in [0.15, 0.2) is 42.5 Å². The molecule has 0 aliphatic carbocycles. The zero-order chi connectivity index (χ0) is 17.3. The van der Waals surface area contributed by atoms with Gasteiger partial charge in [-0.15, -0.1) is 0 Å². The van der Waals surface area contributed by atoms with Gasteiger partial charge in [-0.2, -0.15) is 0 Å². The van der Waals surface area contributed by atoms with Crippen LogP contribution in [-0.4, -0.2) is 18.4 Å². The maximum absolute atomic E-state index is 12.5. The quantitative estimate of drug-likeness (QED) is 0.884. The minimum Gasteiger partial charge on any atom is -0.323 e. The Kier molecular flexibility index (Phi) is 4.78. The number of carbonyl (C=O) groups is 2. The van der Waals surface area contributed by atoms with Gasteiger partial charge in [0.25, 0.3) is 0 Å². The Balaban J connectivity index is 1.73. The number of rotatable bonds is 3. The van der Waals surface area contributed by atoms with E-state index in [1.807, 2.05) is 31.2 Å². The van der Waals surface area contributed by atoms with Gasteiger partial charge < -0.3 is 10.2 Å². The summed E-state index contributed by atoms with van der Waals surface area (Å²) in [5.41, 5.74) is 2.30. The van der Waals surface area contributed by atoms with Crippen LogP contribution in [0.1, 0.15) is 12.0 Å². The zero-order valence-corrected chi connectivity index (χ0v) is 14.6. The van der Waals surface area contributed by atoms with Crippen LogP contribution in [0.5, 0.6) is 0 Å². The van der Waals surface area contributed by atoms with E-state index >= 15 is 0 Å².